The maximum atomic E-state index is 12.2. The molecule has 8 heteroatoms. The highest BCUT2D eigenvalue weighted by Gasteiger charge is 2.21. The molecule has 1 aromatic carbocycles. The number of hydrogen-bond donors (Lipinski definition) is 2. The molecule has 0 atom stereocenters. The molecule has 0 aliphatic carbocycles. The number of piperidine rings is 1. The van der Waals surface area contributed by atoms with Gasteiger partial charge in [0.1, 0.15) is 18.5 Å². The van der Waals surface area contributed by atoms with Crippen LogP contribution in [-0.2, 0) is 6.54 Å². The molecule has 2 amide bonds. The molecule has 0 unspecified atom stereocenters. The predicted octanol–water partition coefficient (Wildman–Crippen LogP) is 2.13. The van der Waals surface area contributed by atoms with E-state index < -0.39 is 0 Å². The maximum absolute atomic E-state index is 12.2. The monoisotopic (exact) mass is 377 g/mol. The number of nitrogens with one attached hydrogen (secondary N) is 2. The van der Waals surface area contributed by atoms with Crippen LogP contribution in [0.2, 0.25) is 0 Å². The summed E-state index contributed by atoms with van der Waals surface area (Å²) in [6.45, 7) is 2.27. The smallest absolute Gasteiger partial charge is 0.315 e. The topological polar surface area (TPSA) is 88.0 Å². The second kappa shape index (κ2) is 8.51. The van der Waals surface area contributed by atoms with Gasteiger partial charge in [-0.2, -0.15) is 5.10 Å². The van der Waals surface area contributed by atoms with Gasteiger partial charge in [0.15, 0.2) is 0 Å². The van der Waals surface area contributed by atoms with Gasteiger partial charge in [-0.1, -0.05) is 18.2 Å². The summed E-state index contributed by atoms with van der Waals surface area (Å²) < 4.78 is 1.70. The van der Waals surface area contributed by atoms with Crippen molar-refractivity contribution in [1.29, 1.82) is 0 Å². The summed E-state index contributed by atoms with van der Waals surface area (Å²) in [4.78, 5) is 22.8. The van der Waals surface area contributed by atoms with Crippen molar-refractivity contribution in [3.63, 3.8) is 0 Å². The minimum absolute atomic E-state index is 0.128. The zero-order valence-corrected chi connectivity index (χ0v) is 15.5. The Balaban J connectivity index is 1.21. The van der Waals surface area contributed by atoms with Crippen LogP contribution < -0.4 is 15.5 Å². The average Bonchev–Trinajstić information content (AvgIpc) is 3.29. The van der Waals surface area contributed by atoms with Crippen LogP contribution in [0, 0.1) is 0 Å². The molecule has 28 heavy (non-hydrogen) atoms. The number of nitrogens with zero attached hydrogens (tertiary/aromatic N) is 5. The second-order valence-electron chi connectivity index (χ2n) is 6.78. The van der Waals surface area contributed by atoms with E-state index in [2.05, 4.69) is 30.6 Å². The Morgan fingerprint density at radius 1 is 1.11 bits per heavy atom. The first-order valence-electron chi connectivity index (χ1n) is 9.42. The largest absolute Gasteiger partial charge is 0.356 e. The maximum Gasteiger partial charge on any atom is 0.315 e. The quantitative estimate of drug-likeness (QED) is 0.711. The van der Waals surface area contributed by atoms with Crippen LogP contribution in [0.4, 0.5) is 10.6 Å². The van der Waals surface area contributed by atoms with Crippen molar-refractivity contribution in [2.24, 2.45) is 0 Å². The Kier molecular flexibility index (Phi) is 5.46. The summed E-state index contributed by atoms with van der Waals surface area (Å²) in [5.74, 6) is 1.000. The van der Waals surface area contributed by atoms with Crippen LogP contribution in [0.5, 0.6) is 0 Å². The van der Waals surface area contributed by atoms with E-state index in [0.29, 0.717) is 6.54 Å². The summed E-state index contributed by atoms with van der Waals surface area (Å²) in [6, 6.07) is 13.9. The molecule has 1 aliphatic heterocycles. The van der Waals surface area contributed by atoms with Gasteiger partial charge in [0.2, 0.25) is 0 Å². The molecule has 144 valence electrons. The zero-order chi connectivity index (χ0) is 19.2. The number of benzene rings is 1. The van der Waals surface area contributed by atoms with Crippen LogP contribution in [0.3, 0.4) is 0 Å². The fourth-order valence-electron chi connectivity index (χ4n) is 3.32. The molecule has 3 heterocycles. The number of aromatic nitrogens is 4. The standard InChI is InChI=1S/C20H23N7O/c28-20(23-13-16-4-6-18(7-5-16)27-15-21-14-24-27)25-17-8-11-26(12-9-17)19-3-1-2-10-22-19/h1-7,10,14-15,17H,8-9,11-13H2,(H2,23,25,28). The van der Waals surface area contributed by atoms with E-state index >= 15 is 0 Å². The molecule has 1 aliphatic rings. The van der Waals surface area contributed by atoms with Gasteiger partial charge in [0.25, 0.3) is 0 Å². The van der Waals surface area contributed by atoms with Crippen molar-refractivity contribution >= 4 is 11.8 Å². The van der Waals surface area contributed by atoms with E-state index in [4.69, 9.17) is 0 Å². The molecule has 4 rings (SSSR count). The van der Waals surface area contributed by atoms with Crippen LogP contribution >= 0.6 is 0 Å². The second-order valence-corrected chi connectivity index (χ2v) is 6.78. The lowest BCUT2D eigenvalue weighted by Crippen LogP contribution is -2.47. The highest BCUT2D eigenvalue weighted by atomic mass is 16.2. The van der Waals surface area contributed by atoms with Crippen molar-refractivity contribution in [3.8, 4) is 5.69 Å². The van der Waals surface area contributed by atoms with Crippen molar-refractivity contribution in [1.82, 2.24) is 30.4 Å². The normalized spacial score (nSPS) is 14.6. The first-order chi connectivity index (χ1) is 13.8. The molecule has 3 aromatic rings. The highest BCUT2D eigenvalue weighted by molar-refractivity contribution is 5.74. The predicted molar refractivity (Wildman–Crippen MR) is 106 cm³/mol. The van der Waals surface area contributed by atoms with Gasteiger partial charge < -0.3 is 15.5 Å². The molecule has 0 radical (unpaired) electrons. The molecule has 0 saturated carbocycles. The molecule has 8 nitrogen and oxygen atoms in total. The van der Waals surface area contributed by atoms with Crippen molar-refractivity contribution in [2.75, 3.05) is 18.0 Å². The first kappa shape index (κ1) is 18.0. The summed E-state index contributed by atoms with van der Waals surface area (Å²) >= 11 is 0. The lowest BCUT2D eigenvalue weighted by Gasteiger charge is -2.33. The van der Waals surface area contributed by atoms with E-state index in [0.717, 1.165) is 43.0 Å². The number of pyridine rings is 1. The van der Waals surface area contributed by atoms with Crippen LogP contribution in [-0.4, -0.2) is 44.9 Å². The Hall–Kier alpha value is -3.42. The van der Waals surface area contributed by atoms with Crippen LogP contribution in [0.15, 0.2) is 61.3 Å². The molecule has 0 bridgehead atoms. The molecule has 0 spiro atoms. The summed E-state index contributed by atoms with van der Waals surface area (Å²) in [6.07, 6.45) is 6.79. The van der Waals surface area contributed by atoms with Gasteiger partial charge in [-0.05, 0) is 42.7 Å². The van der Waals surface area contributed by atoms with Gasteiger partial charge >= 0.3 is 6.03 Å². The minimum Gasteiger partial charge on any atom is -0.356 e. The number of anilines is 1. The number of urea groups is 1. The third-order valence-corrected chi connectivity index (χ3v) is 4.88. The fraction of sp³-hybridized carbons (Fsp3) is 0.300. The van der Waals surface area contributed by atoms with Crippen LogP contribution in [0.1, 0.15) is 18.4 Å². The van der Waals surface area contributed by atoms with E-state index in [1.54, 1.807) is 11.0 Å². The molecular weight excluding hydrogens is 354 g/mol. The van der Waals surface area contributed by atoms with Crippen molar-refractivity contribution in [2.45, 2.75) is 25.4 Å². The third-order valence-electron chi connectivity index (χ3n) is 4.88. The Bertz CT molecular complexity index is 873. The number of carbonyl (C=O) groups excluding carboxylic acids is 1. The molecule has 2 N–H and O–H groups in total. The van der Waals surface area contributed by atoms with E-state index in [1.165, 1.54) is 6.33 Å². The minimum atomic E-state index is -0.128. The van der Waals surface area contributed by atoms with Crippen LogP contribution in [0.25, 0.3) is 5.69 Å². The van der Waals surface area contributed by atoms with Gasteiger partial charge in [-0.15, -0.1) is 0 Å². The number of hydrogen-bond acceptors (Lipinski definition) is 5. The van der Waals surface area contributed by atoms with Gasteiger partial charge in [0, 0.05) is 31.9 Å². The SMILES string of the molecule is O=C(NCc1ccc(-n2cncn2)cc1)NC1CCN(c2ccccn2)CC1. The van der Waals surface area contributed by atoms with Gasteiger partial charge in [-0.25, -0.2) is 19.4 Å². The van der Waals surface area contributed by atoms with Crippen molar-refractivity contribution in [3.05, 3.63) is 66.9 Å². The van der Waals surface area contributed by atoms with Gasteiger partial charge in [0.05, 0.1) is 5.69 Å². The number of rotatable bonds is 5. The zero-order valence-electron chi connectivity index (χ0n) is 15.5. The Labute approximate surface area is 163 Å². The summed E-state index contributed by atoms with van der Waals surface area (Å²) in [7, 11) is 0. The molecule has 2 aromatic heterocycles. The lowest BCUT2D eigenvalue weighted by atomic mass is 10.1. The van der Waals surface area contributed by atoms with E-state index in [9.17, 15) is 4.79 Å². The fourth-order valence-corrected chi connectivity index (χ4v) is 3.32. The molecular formula is C20H23N7O. The number of carbonyl (C=O) groups is 1. The average molecular weight is 377 g/mol. The molecule has 1 saturated heterocycles. The summed E-state index contributed by atoms with van der Waals surface area (Å²) in [5, 5.41) is 10.1. The van der Waals surface area contributed by atoms with Crippen molar-refractivity contribution < 1.29 is 4.79 Å². The van der Waals surface area contributed by atoms with E-state index in [-0.39, 0.29) is 12.1 Å². The lowest BCUT2D eigenvalue weighted by molar-refractivity contribution is 0.234. The third kappa shape index (κ3) is 4.46. The summed E-state index contributed by atoms with van der Waals surface area (Å²) in [5.41, 5.74) is 1.97. The Morgan fingerprint density at radius 3 is 2.61 bits per heavy atom. The van der Waals surface area contributed by atoms with E-state index in [1.807, 2.05) is 48.7 Å². The molecule has 1 fully saturated rings. The number of amides is 2. The highest BCUT2D eigenvalue weighted by Crippen LogP contribution is 2.17. The van der Waals surface area contributed by atoms with Gasteiger partial charge in [-0.3, -0.25) is 0 Å². The Morgan fingerprint density at radius 2 is 1.93 bits per heavy atom. The first-order valence-corrected chi connectivity index (χ1v) is 9.42.